The van der Waals surface area contributed by atoms with Gasteiger partial charge in [0, 0.05) is 32.0 Å². The number of benzene rings is 2. The summed E-state index contributed by atoms with van der Waals surface area (Å²) in [7, 11) is 7.88. The lowest BCUT2D eigenvalue weighted by Crippen LogP contribution is -2.40. The number of rotatable bonds is 6. The van der Waals surface area contributed by atoms with Crippen LogP contribution in [0, 0.1) is 6.92 Å². The van der Waals surface area contributed by atoms with Crippen LogP contribution in [0.15, 0.2) is 48.5 Å². The van der Waals surface area contributed by atoms with Crippen molar-refractivity contribution in [3.63, 3.8) is 0 Å². The van der Waals surface area contributed by atoms with E-state index < -0.39 is 11.8 Å². The van der Waals surface area contributed by atoms with Gasteiger partial charge in [-0.05, 0) is 50.8 Å². The zero-order chi connectivity index (χ0) is 20.0. The van der Waals surface area contributed by atoms with E-state index >= 15 is 0 Å². The second-order valence-electron chi connectivity index (χ2n) is 7.00. The fourth-order valence-electron chi connectivity index (χ4n) is 2.69. The number of hydrogen-bond acceptors (Lipinski definition) is 4. The standard InChI is InChI=1S/C21H28N4O2/c1-15-6-10-17(11-7-15)23-21(27)20(26)22-14-19(25(4)5)16-8-12-18(13-9-16)24(2)3/h6-13,19H,14H2,1-5H3,(H,22,26)(H,23,27)/t19-/m1/s1. The molecule has 0 heterocycles. The molecule has 0 radical (unpaired) electrons. The highest BCUT2D eigenvalue weighted by Gasteiger charge is 2.19. The van der Waals surface area contributed by atoms with Crippen LogP contribution in [0.1, 0.15) is 17.2 Å². The smallest absolute Gasteiger partial charge is 0.313 e. The average Bonchev–Trinajstić information content (AvgIpc) is 2.63. The summed E-state index contributed by atoms with van der Waals surface area (Å²) in [4.78, 5) is 28.3. The number of anilines is 2. The van der Waals surface area contributed by atoms with Crippen molar-refractivity contribution in [2.24, 2.45) is 0 Å². The lowest BCUT2D eigenvalue weighted by molar-refractivity contribution is -0.136. The zero-order valence-corrected chi connectivity index (χ0v) is 16.6. The molecule has 0 spiro atoms. The first-order chi connectivity index (χ1) is 12.8. The predicted octanol–water partition coefficient (Wildman–Crippen LogP) is 2.42. The van der Waals surface area contributed by atoms with Crippen LogP contribution < -0.4 is 15.5 Å². The molecule has 0 saturated carbocycles. The molecule has 0 bridgehead atoms. The van der Waals surface area contributed by atoms with Gasteiger partial charge in [0.25, 0.3) is 0 Å². The Balaban J connectivity index is 1.97. The minimum Gasteiger partial charge on any atom is -0.378 e. The maximum absolute atomic E-state index is 12.2. The van der Waals surface area contributed by atoms with Crippen molar-refractivity contribution < 1.29 is 9.59 Å². The van der Waals surface area contributed by atoms with Gasteiger partial charge in [-0.25, -0.2) is 0 Å². The Morgan fingerprint density at radius 2 is 1.48 bits per heavy atom. The van der Waals surface area contributed by atoms with Crippen LogP contribution in [0.3, 0.4) is 0 Å². The van der Waals surface area contributed by atoms with Crippen molar-refractivity contribution in [1.82, 2.24) is 10.2 Å². The molecule has 0 aliphatic carbocycles. The number of hydrogen-bond donors (Lipinski definition) is 2. The Morgan fingerprint density at radius 1 is 0.889 bits per heavy atom. The second kappa shape index (κ2) is 9.19. The highest BCUT2D eigenvalue weighted by molar-refractivity contribution is 6.39. The minimum absolute atomic E-state index is 0.0302. The summed E-state index contributed by atoms with van der Waals surface area (Å²) in [5.41, 5.74) is 3.87. The molecule has 0 saturated heterocycles. The first-order valence-corrected chi connectivity index (χ1v) is 8.87. The maximum atomic E-state index is 12.2. The summed E-state index contributed by atoms with van der Waals surface area (Å²) in [5.74, 6) is -1.31. The third kappa shape index (κ3) is 5.82. The Morgan fingerprint density at radius 3 is 2.00 bits per heavy atom. The van der Waals surface area contributed by atoms with Gasteiger partial charge in [0.2, 0.25) is 0 Å². The SMILES string of the molecule is Cc1ccc(NC(=O)C(=O)NC[C@H](c2ccc(N(C)C)cc2)N(C)C)cc1. The molecule has 2 aromatic carbocycles. The van der Waals surface area contributed by atoms with Crippen LogP contribution in [0.25, 0.3) is 0 Å². The first kappa shape index (κ1) is 20.5. The van der Waals surface area contributed by atoms with Crippen LogP contribution in [-0.2, 0) is 9.59 Å². The molecule has 0 fully saturated rings. The summed E-state index contributed by atoms with van der Waals surface area (Å²) < 4.78 is 0. The summed E-state index contributed by atoms with van der Waals surface area (Å²) in [6.07, 6.45) is 0. The van der Waals surface area contributed by atoms with Gasteiger partial charge in [-0.1, -0.05) is 29.8 Å². The van der Waals surface area contributed by atoms with Gasteiger partial charge in [-0.3, -0.25) is 9.59 Å². The molecular weight excluding hydrogens is 340 g/mol. The number of amides is 2. The maximum Gasteiger partial charge on any atom is 0.313 e. The molecule has 2 rings (SSSR count). The van der Waals surface area contributed by atoms with E-state index in [1.165, 1.54) is 0 Å². The molecule has 2 aromatic rings. The highest BCUT2D eigenvalue weighted by Crippen LogP contribution is 2.21. The highest BCUT2D eigenvalue weighted by atomic mass is 16.2. The van der Waals surface area contributed by atoms with Gasteiger partial charge in [0.1, 0.15) is 0 Å². The van der Waals surface area contributed by atoms with E-state index in [1.54, 1.807) is 12.1 Å². The van der Waals surface area contributed by atoms with Crippen LogP contribution in [0.4, 0.5) is 11.4 Å². The first-order valence-electron chi connectivity index (χ1n) is 8.87. The Bertz CT molecular complexity index is 768. The lowest BCUT2D eigenvalue weighted by atomic mass is 10.1. The molecule has 1 atom stereocenters. The van der Waals surface area contributed by atoms with E-state index in [9.17, 15) is 9.59 Å². The van der Waals surface area contributed by atoms with Crippen molar-refractivity contribution in [2.75, 3.05) is 45.0 Å². The van der Waals surface area contributed by atoms with Gasteiger partial charge >= 0.3 is 11.8 Å². The lowest BCUT2D eigenvalue weighted by Gasteiger charge is -2.25. The van der Waals surface area contributed by atoms with E-state index in [-0.39, 0.29) is 6.04 Å². The number of likely N-dealkylation sites (N-methyl/N-ethyl adjacent to an activating group) is 1. The normalized spacial score (nSPS) is 11.8. The fourth-order valence-corrected chi connectivity index (χ4v) is 2.69. The molecule has 144 valence electrons. The summed E-state index contributed by atoms with van der Waals surface area (Å²) in [6.45, 7) is 2.30. The third-order valence-corrected chi connectivity index (χ3v) is 4.39. The Labute approximate surface area is 161 Å². The van der Waals surface area contributed by atoms with Crippen LogP contribution in [-0.4, -0.2) is 51.4 Å². The number of carbonyl (C=O) groups excluding carboxylic acids is 2. The van der Waals surface area contributed by atoms with Crippen molar-refractivity contribution in [2.45, 2.75) is 13.0 Å². The second-order valence-corrected chi connectivity index (χ2v) is 7.00. The number of aryl methyl sites for hydroxylation is 1. The quantitative estimate of drug-likeness (QED) is 0.769. The van der Waals surface area contributed by atoms with Gasteiger partial charge < -0.3 is 20.4 Å². The Hall–Kier alpha value is -2.86. The fraction of sp³-hybridized carbons (Fsp3) is 0.333. The van der Waals surface area contributed by atoms with E-state index in [1.807, 2.05) is 81.3 Å². The minimum atomic E-state index is -0.667. The van der Waals surface area contributed by atoms with Crippen LogP contribution in [0.2, 0.25) is 0 Å². The molecular formula is C21H28N4O2. The molecule has 0 aliphatic rings. The van der Waals surface area contributed by atoms with Crippen molar-refractivity contribution in [3.05, 3.63) is 59.7 Å². The van der Waals surface area contributed by atoms with Crippen molar-refractivity contribution in [3.8, 4) is 0 Å². The van der Waals surface area contributed by atoms with Crippen LogP contribution >= 0.6 is 0 Å². The number of nitrogens with one attached hydrogen (secondary N) is 2. The predicted molar refractivity (Wildman–Crippen MR) is 110 cm³/mol. The van der Waals surface area contributed by atoms with Gasteiger partial charge in [-0.2, -0.15) is 0 Å². The molecule has 6 heteroatoms. The van der Waals surface area contributed by atoms with E-state index in [0.29, 0.717) is 12.2 Å². The monoisotopic (exact) mass is 368 g/mol. The van der Waals surface area contributed by atoms with Gasteiger partial charge in [-0.15, -0.1) is 0 Å². The number of carbonyl (C=O) groups is 2. The van der Waals surface area contributed by atoms with Gasteiger partial charge in [0.05, 0.1) is 6.04 Å². The zero-order valence-electron chi connectivity index (χ0n) is 16.6. The van der Waals surface area contributed by atoms with Crippen molar-refractivity contribution >= 4 is 23.2 Å². The molecule has 0 aromatic heterocycles. The molecule has 27 heavy (non-hydrogen) atoms. The third-order valence-electron chi connectivity index (χ3n) is 4.39. The molecule has 2 N–H and O–H groups in total. The van der Waals surface area contributed by atoms with Gasteiger partial charge in [0.15, 0.2) is 0 Å². The van der Waals surface area contributed by atoms with Crippen molar-refractivity contribution in [1.29, 1.82) is 0 Å². The topological polar surface area (TPSA) is 64.7 Å². The largest absolute Gasteiger partial charge is 0.378 e. The van der Waals surface area contributed by atoms with E-state index in [0.717, 1.165) is 16.8 Å². The van der Waals surface area contributed by atoms with E-state index in [4.69, 9.17) is 0 Å². The average molecular weight is 368 g/mol. The summed E-state index contributed by atoms with van der Waals surface area (Å²) in [6, 6.07) is 15.4. The molecule has 0 unspecified atom stereocenters. The van der Waals surface area contributed by atoms with E-state index in [2.05, 4.69) is 10.6 Å². The van der Waals surface area contributed by atoms with Crippen LogP contribution in [0.5, 0.6) is 0 Å². The Kier molecular flexibility index (Phi) is 6.96. The number of nitrogens with zero attached hydrogens (tertiary/aromatic N) is 2. The molecule has 2 amide bonds. The summed E-state index contributed by atoms with van der Waals surface area (Å²) >= 11 is 0. The molecule has 0 aliphatic heterocycles. The molecule has 6 nitrogen and oxygen atoms in total. The summed E-state index contributed by atoms with van der Waals surface area (Å²) in [5, 5.41) is 5.34.